The van der Waals surface area contributed by atoms with Crippen LogP contribution < -0.4 is 5.32 Å². The molecule has 0 spiro atoms. The highest BCUT2D eigenvalue weighted by molar-refractivity contribution is 5.82. The summed E-state index contributed by atoms with van der Waals surface area (Å²) in [6.07, 6.45) is 1.77. The summed E-state index contributed by atoms with van der Waals surface area (Å²) in [5, 5.41) is 2.17. The lowest BCUT2D eigenvalue weighted by atomic mass is 9.95. The van der Waals surface area contributed by atoms with E-state index in [0.717, 1.165) is 38.5 Å². The van der Waals surface area contributed by atoms with Crippen LogP contribution in [0.2, 0.25) is 0 Å². The second kappa shape index (κ2) is 6.23. The third-order valence-electron chi connectivity index (χ3n) is 2.94. The van der Waals surface area contributed by atoms with Gasteiger partial charge in [-0.1, -0.05) is 25.7 Å². The van der Waals surface area contributed by atoms with Crippen molar-refractivity contribution in [2.75, 3.05) is 13.1 Å². The standard InChI is InChI=1S/C11H18F3NO/c12-11(13,14)8-15-7-10(16)9-5-3-1-2-4-6-9/h9,15H,1-8H2. The van der Waals surface area contributed by atoms with Crippen LogP contribution in [0.1, 0.15) is 38.5 Å². The first-order valence-electron chi connectivity index (χ1n) is 5.79. The van der Waals surface area contributed by atoms with Gasteiger partial charge in [-0.2, -0.15) is 13.2 Å². The lowest BCUT2D eigenvalue weighted by Crippen LogP contribution is -2.35. The van der Waals surface area contributed by atoms with E-state index in [4.69, 9.17) is 0 Å². The number of nitrogens with one attached hydrogen (secondary N) is 1. The minimum atomic E-state index is -4.23. The molecule has 0 amide bonds. The smallest absolute Gasteiger partial charge is 0.302 e. The van der Waals surface area contributed by atoms with Crippen molar-refractivity contribution in [2.24, 2.45) is 5.92 Å². The second-order valence-electron chi connectivity index (χ2n) is 4.37. The van der Waals surface area contributed by atoms with Gasteiger partial charge >= 0.3 is 6.18 Å². The van der Waals surface area contributed by atoms with Crippen molar-refractivity contribution in [2.45, 2.75) is 44.7 Å². The number of ketones is 1. The molecular weight excluding hydrogens is 219 g/mol. The van der Waals surface area contributed by atoms with E-state index in [9.17, 15) is 18.0 Å². The van der Waals surface area contributed by atoms with E-state index in [0.29, 0.717) is 0 Å². The number of hydrogen-bond donors (Lipinski definition) is 1. The van der Waals surface area contributed by atoms with E-state index in [2.05, 4.69) is 5.32 Å². The van der Waals surface area contributed by atoms with Gasteiger partial charge in [-0.05, 0) is 12.8 Å². The third-order valence-corrected chi connectivity index (χ3v) is 2.94. The quantitative estimate of drug-likeness (QED) is 0.762. The molecular formula is C11H18F3NO. The highest BCUT2D eigenvalue weighted by Crippen LogP contribution is 2.23. The number of rotatable bonds is 4. The SMILES string of the molecule is O=C(CNCC(F)(F)F)C1CCCCCC1. The van der Waals surface area contributed by atoms with Crippen LogP contribution in [0.3, 0.4) is 0 Å². The summed E-state index contributed by atoms with van der Waals surface area (Å²) in [6, 6.07) is 0. The van der Waals surface area contributed by atoms with Crippen LogP contribution in [0, 0.1) is 5.92 Å². The molecule has 1 aliphatic rings. The lowest BCUT2D eigenvalue weighted by molar-refractivity contribution is -0.129. The number of halogens is 3. The zero-order chi connectivity index (χ0) is 12.0. The number of hydrogen-bond acceptors (Lipinski definition) is 2. The molecule has 94 valence electrons. The summed E-state index contributed by atoms with van der Waals surface area (Å²) in [5.74, 6) is -0.0885. The predicted molar refractivity (Wildman–Crippen MR) is 55.1 cm³/mol. The van der Waals surface area contributed by atoms with Gasteiger partial charge in [-0.3, -0.25) is 4.79 Å². The Morgan fingerprint density at radius 1 is 1.12 bits per heavy atom. The highest BCUT2D eigenvalue weighted by atomic mass is 19.4. The van der Waals surface area contributed by atoms with Crippen molar-refractivity contribution < 1.29 is 18.0 Å². The molecule has 0 aliphatic heterocycles. The first-order chi connectivity index (χ1) is 7.49. The van der Waals surface area contributed by atoms with Crippen LogP contribution in [-0.2, 0) is 4.79 Å². The third kappa shape index (κ3) is 5.49. The maximum Gasteiger partial charge on any atom is 0.401 e. The molecule has 5 heteroatoms. The molecule has 0 atom stereocenters. The topological polar surface area (TPSA) is 29.1 Å². The summed E-state index contributed by atoms with van der Waals surface area (Å²) >= 11 is 0. The molecule has 1 saturated carbocycles. The molecule has 1 fully saturated rings. The van der Waals surface area contributed by atoms with Crippen molar-refractivity contribution in [1.82, 2.24) is 5.32 Å². The Bertz CT molecular complexity index is 220. The van der Waals surface area contributed by atoms with Crippen molar-refractivity contribution in [3.05, 3.63) is 0 Å². The first-order valence-corrected chi connectivity index (χ1v) is 5.79. The minimum absolute atomic E-state index is 0.0248. The lowest BCUT2D eigenvalue weighted by Gasteiger charge is -2.13. The Morgan fingerprint density at radius 3 is 2.19 bits per heavy atom. The van der Waals surface area contributed by atoms with Crippen LogP contribution in [0.25, 0.3) is 0 Å². The second-order valence-corrected chi connectivity index (χ2v) is 4.37. The molecule has 16 heavy (non-hydrogen) atoms. The Hall–Kier alpha value is -0.580. The fourth-order valence-corrected chi connectivity index (χ4v) is 2.07. The van der Waals surface area contributed by atoms with Gasteiger partial charge in [0.15, 0.2) is 0 Å². The van der Waals surface area contributed by atoms with Crippen LogP contribution in [0.5, 0.6) is 0 Å². The summed E-state index contributed by atoms with van der Waals surface area (Å²) in [4.78, 5) is 11.6. The number of carbonyl (C=O) groups is 1. The summed E-state index contributed by atoms with van der Waals surface area (Å²) in [5.41, 5.74) is 0. The molecule has 0 saturated heterocycles. The minimum Gasteiger partial charge on any atom is -0.302 e. The summed E-state index contributed by atoms with van der Waals surface area (Å²) < 4.78 is 35.5. The number of alkyl halides is 3. The zero-order valence-electron chi connectivity index (χ0n) is 9.28. The molecule has 2 nitrogen and oxygen atoms in total. The van der Waals surface area contributed by atoms with Gasteiger partial charge in [0.25, 0.3) is 0 Å². The Labute approximate surface area is 93.6 Å². The van der Waals surface area contributed by atoms with Crippen LogP contribution in [0.4, 0.5) is 13.2 Å². The van der Waals surface area contributed by atoms with Gasteiger partial charge in [0.2, 0.25) is 0 Å². The van der Waals surface area contributed by atoms with Gasteiger partial charge < -0.3 is 5.32 Å². The molecule has 0 aromatic heterocycles. The molecule has 0 radical (unpaired) electrons. The van der Waals surface area contributed by atoms with Crippen molar-refractivity contribution in [3.8, 4) is 0 Å². The summed E-state index contributed by atoms with van der Waals surface area (Å²) in [6.45, 7) is -1.23. The number of carbonyl (C=O) groups excluding carboxylic acids is 1. The van der Waals surface area contributed by atoms with E-state index in [1.165, 1.54) is 0 Å². The van der Waals surface area contributed by atoms with Gasteiger partial charge in [0, 0.05) is 5.92 Å². The van der Waals surface area contributed by atoms with Crippen molar-refractivity contribution in [3.63, 3.8) is 0 Å². The molecule has 1 aliphatic carbocycles. The monoisotopic (exact) mass is 237 g/mol. The van der Waals surface area contributed by atoms with E-state index in [1.807, 2.05) is 0 Å². The molecule has 0 unspecified atom stereocenters. The van der Waals surface area contributed by atoms with Gasteiger partial charge in [-0.25, -0.2) is 0 Å². The van der Waals surface area contributed by atoms with Crippen molar-refractivity contribution in [1.29, 1.82) is 0 Å². The Kier molecular flexibility index (Phi) is 5.25. The van der Waals surface area contributed by atoms with Gasteiger partial charge in [0.05, 0.1) is 13.1 Å². The van der Waals surface area contributed by atoms with Crippen molar-refractivity contribution >= 4 is 5.78 Å². The average Bonchev–Trinajstić information content (AvgIpc) is 2.43. The molecule has 1 N–H and O–H groups in total. The Balaban J connectivity index is 2.23. The fourth-order valence-electron chi connectivity index (χ4n) is 2.07. The van der Waals surface area contributed by atoms with E-state index < -0.39 is 12.7 Å². The Morgan fingerprint density at radius 2 is 1.69 bits per heavy atom. The normalized spacial score (nSPS) is 19.4. The molecule has 0 aromatic carbocycles. The molecule has 1 rings (SSSR count). The van der Waals surface area contributed by atoms with Crippen LogP contribution >= 0.6 is 0 Å². The first kappa shape index (κ1) is 13.5. The largest absolute Gasteiger partial charge is 0.401 e. The predicted octanol–water partition coefficient (Wildman–Crippen LogP) is 2.68. The molecule has 0 heterocycles. The van der Waals surface area contributed by atoms with Gasteiger partial charge in [-0.15, -0.1) is 0 Å². The van der Waals surface area contributed by atoms with E-state index in [-0.39, 0.29) is 18.2 Å². The maximum atomic E-state index is 11.8. The number of Topliss-reactive ketones (excluding diaryl/α,β-unsaturated/α-hetero) is 1. The molecule has 0 bridgehead atoms. The molecule has 0 aromatic rings. The maximum absolute atomic E-state index is 11.8. The van der Waals surface area contributed by atoms with Crippen LogP contribution in [0.15, 0.2) is 0 Å². The average molecular weight is 237 g/mol. The van der Waals surface area contributed by atoms with Gasteiger partial charge in [0.1, 0.15) is 5.78 Å². The van der Waals surface area contributed by atoms with Crippen LogP contribution in [-0.4, -0.2) is 25.0 Å². The summed E-state index contributed by atoms with van der Waals surface area (Å²) in [7, 11) is 0. The van der Waals surface area contributed by atoms with E-state index in [1.54, 1.807) is 0 Å². The highest BCUT2D eigenvalue weighted by Gasteiger charge is 2.27. The zero-order valence-corrected chi connectivity index (χ0v) is 9.28. The van der Waals surface area contributed by atoms with E-state index >= 15 is 0 Å². The fraction of sp³-hybridized carbons (Fsp3) is 0.909.